The van der Waals surface area contributed by atoms with Crippen molar-refractivity contribution in [2.75, 3.05) is 24.7 Å². The Bertz CT molecular complexity index is 587. The molecule has 1 unspecified atom stereocenters. The molecule has 0 heterocycles. The number of anilines is 1. The monoisotopic (exact) mass is 416 g/mol. The number of carbonyl (C=O) groups is 2. The average Bonchev–Trinajstić information content (AvgIpc) is 2.48. The van der Waals surface area contributed by atoms with Gasteiger partial charge in [0.2, 0.25) is 3.79 Å². The molecular formula is C14H16Cl3FN2O3S. The molecule has 0 spiro atoms. The molecule has 10 heteroatoms. The molecule has 134 valence electrons. The number of hydrogen-bond acceptors (Lipinski definition) is 4. The lowest BCUT2D eigenvalue weighted by molar-refractivity contribution is -0.139. The van der Waals surface area contributed by atoms with E-state index in [-0.39, 0.29) is 18.0 Å². The number of para-hydroxylation sites is 1. The minimum Gasteiger partial charge on any atom is -0.465 e. The molecule has 0 aromatic heterocycles. The van der Waals surface area contributed by atoms with Gasteiger partial charge >= 0.3 is 12.0 Å². The fourth-order valence-corrected chi connectivity index (χ4v) is 3.54. The molecule has 5 nitrogen and oxygen atoms in total. The predicted octanol–water partition coefficient (Wildman–Crippen LogP) is 4.28. The minimum atomic E-state index is -1.86. The van der Waals surface area contributed by atoms with Crippen LogP contribution in [0.3, 0.4) is 0 Å². The molecule has 0 saturated carbocycles. The molecule has 0 saturated heterocycles. The summed E-state index contributed by atoms with van der Waals surface area (Å²) in [6.45, 7) is 1.89. The standard InChI is InChI=1S/C14H16Cl3FN2O3S/c1-3-23-11(21)8-24-12(14(15,16)17)20(2)13(22)19-10-7-5-4-6-9(10)18/h4-7,12H,3,8H2,1-2H3,(H,19,22). The van der Waals surface area contributed by atoms with Gasteiger partial charge in [0.25, 0.3) is 0 Å². The van der Waals surface area contributed by atoms with Crippen molar-refractivity contribution in [3.8, 4) is 0 Å². The molecule has 1 aromatic rings. The molecule has 0 radical (unpaired) electrons. The van der Waals surface area contributed by atoms with Gasteiger partial charge in [0.15, 0.2) is 0 Å². The SMILES string of the molecule is CCOC(=O)CSC(N(C)C(=O)Nc1ccccc1F)C(Cl)(Cl)Cl. The van der Waals surface area contributed by atoms with Crippen molar-refractivity contribution in [1.29, 1.82) is 0 Å². The maximum absolute atomic E-state index is 13.6. The van der Waals surface area contributed by atoms with Gasteiger partial charge in [-0.3, -0.25) is 4.79 Å². The minimum absolute atomic E-state index is 0.00666. The molecule has 0 aliphatic carbocycles. The number of alkyl halides is 3. The van der Waals surface area contributed by atoms with Crippen molar-refractivity contribution >= 4 is 64.3 Å². The van der Waals surface area contributed by atoms with Crippen LogP contribution in [0.25, 0.3) is 0 Å². The van der Waals surface area contributed by atoms with E-state index in [1.165, 1.54) is 25.2 Å². The smallest absolute Gasteiger partial charge is 0.322 e. The van der Waals surface area contributed by atoms with E-state index in [0.29, 0.717) is 0 Å². The highest BCUT2D eigenvalue weighted by atomic mass is 35.6. The third-order valence-electron chi connectivity index (χ3n) is 2.73. The van der Waals surface area contributed by atoms with Gasteiger partial charge in [-0.25, -0.2) is 9.18 Å². The summed E-state index contributed by atoms with van der Waals surface area (Å²) in [6, 6.07) is 4.98. The van der Waals surface area contributed by atoms with Crippen molar-refractivity contribution in [3.63, 3.8) is 0 Å². The summed E-state index contributed by atoms with van der Waals surface area (Å²) in [5.74, 6) is -1.20. The van der Waals surface area contributed by atoms with Gasteiger partial charge in [-0.15, -0.1) is 11.8 Å². The summed E-state index contributed by atoms with van der Waals surface area (Å²) in [6.07, 6.45) is 0. The van der Waals surface area contributed by atoms with Gasteiger partial charge in [0.1, 0.15) is 11.2 Å². The maximum atomic E-state index is 13.6. The fraction of sp³-hybridized carbons (Fsp3) is 0.429. The Morgan fingerprint density at radius 2 is 2.00 bits per heavy atom. The Morgan fingerprint density at radius 3 is 2.54 bits per heavy atom. The van der Waals surface area contributed by atoms with E-state index >= 15 is 0 Å². The summed E-state index contributed by atoms with van der Waals surface area (Å²) in [5, 5.41) is 1.39. The summed E-state index contributed by atoms with van der Waals surface area (Å²) in [5.41, 5.74) is -0.00666. The number of amides is 2. The zero-order valence-electron chi connectivity index (χ0n) is 12.9. The summed E-state index contributed by atoms with van der Waals surface area (Å²) in [7, 11) is 1.38. The van der Waals surface area contributed by atoms with E-state index in [1.807, 2.05) is 0 Å². The number of halogens is 4. The normalized spacial score (nSPS) is 12.4. The third kappa shape index (κ3) is 6.55. The molecular weight excluding hydrogens is 402 g/mol. The zero-order chi connectivity index (χ0) is 18.3. The molecule has 0 aliphatic rings. The number of nitrogens with one attached hydrogen (secondary N) is 1. The highest BCUT2D eigenvalue weighted by molar-refractivity contribution is 8.00. The summed E-state index contributed by atoms with van der Waals surface area (Å²) < 4.78 is 16.5. The first-order valence-electron chi connectivity index (χ1n) is 6.79. The van der Waals surface area contributed by atoms with Crippen molar-refractivity contribution in [2.24, 2.45) is 0 Å². The molecule has 0 fully saturated rings. The molecule has 0 aliphatic heterocycles. The van der Waals surface area contributed by atoms with E-state index in [9.17, 15) is 14.0 Å². The summed E-state index contributed by atoms with van der Waals surface area (Å²) >= 11 is 18.6. The quantitative estimate of drug-likeness (QED) is 0.426. The molecule has 1 aromatic carbocycles. The summed E-state index contributed by atoms with van der Waals surface area (Å²) in [4.78, 5) is 24.8. The lowest BCUT2D eigenvalue weighted by atomic mass is 10.3. The third-order valence-corrected chi connectivity index (χ3v) is 5.13. The number of rotatable bonds is 6. The van der Waals surface area contributed by atoms with E-state index in [0.717, 1.165) is 16.7 Å². The van der Waals surface area contributed by atoms with Gasteiger partial charge in [-0.1, -0.05) is 46.9 Å². The number of carbonyl (C=O) groups excluding carboxylic acids is 2. The highest BCUT2D eigenvalue weighted by Gasteiger charge is 2.39. The van der Waals surface area contributed by atoms with E-state index in [4.69, 9.17) is 39.5 Å². The Kier molecular flexibility index (Phi) is 8.42. The van der Waals surface area contributed by atoms with Crippen LogP contribution in [0.15, 0.2) is 24.3 Å². The first kappa shape index (κ1) is 21.2. The topological polar surface area (TPSA) is 58.6 Å². The van der Waals surface area contributed by atoms with Crippen LogP contribution >= 0.6 is 46.6 Å². The van der Waals surface area contributed by atoms with Gasteiger partial charge < -0.3 is 15.0 Å². The molecule has 0 bridgehead atoms. The predicted molar refractivity (Wildman–Crippen MR) is 96.4 cm³/mol. The Labute approximate surface area is 158 Å². The second kappa shape index (κ2) is 9.56. The van der Waals surface area contributed by atoms with Crippen molar-refractivity contribution in [2.45, 2.75) is 16.1 Å². The van der Waals surface area contributed by atoms with Crippen LogP contribution in [-0.2, 0) is 9.53 Å². The molecule has 24 heavy (non-hydrogen) atoms. The Morgan fingerprint density at radius 1 is 1.38 bits per heavy atom. The highest BCUT2D eigenvalue weighted by Crippen LogP contribution is 2.39. The van der Waals surface area contributed by atoms with Gasteiger partial charge in [0.05, 0.1) is 18.0 Å². The molecule has 1 rings (SSSR count). The average molecular weight is 418 g/mol. The molecule has 2 amide bonds. The van der Waals surface area contributed by atoms with Crippen molar-refractivity contribution < 1.29 is 18.7 Å². The van der Waals surface area contributed by atoms with Crippen molar-refractivity contribution in [3.05, 3.63) is 30.1 Å². The number of esters is 1. The van der Waals surface area contributed by atoms with Crippen LogP contribution in [0, 0.1) is 5.82 Å². The second-order valence-corrected chi connectivity index (χ2v) is 7.97. The van der Waals surface area contributed by atoms with Crippen LogP contribution in [0.2, 0.25) is 0 Å². The van der Waals surface area contributed by atoms with E-state index in [2.05, 4.69) is 5.32 Å². The molecule has 1 N–H and O–H groups in total. The van der Waals surface area contributed by atoms with Crippen LogP contribution in [0.1, 0.15) is 6.92 Å². The number of hydrogen-bond donors (Lipinski definition) is 1. The molecule has 1 atom stereocenters. The number of nitrogens with zero attached hydrogens (tertiary/aromatic N) is 1. The Balaban J connectivity index is 2.80. The second-order valence-electron chi connectivity index (χ2n) is 4.53. The first-order chi connectivity index (χ1) is 11.2. The maximum Gasteiger partial charge on any atom is 0.322 e. The van der Waals surface area contributed by atoms with Gasteiger partial charge in [-0.2, -0.15) is 0 Å². The number of benzene rings is 1. The first-order valence-corrected chi connectivity index (χ1v) is 8.97. The van der Waals surface area contributed by atoms with Gasteiger partial charge in [0, 0.05) is 7.05 Å². The lowest BCUT2D eigenvalue weighted by Crippen LogP contribution is -2.45. The van der Waals surface area contributed by atoms with Crippen molar-refractivity contribution in [1.82, 2.24) is 4.90 Å². The zero-order valence-corrected chi connectivity index (χ0v) is 16.0. The fourth-order valence-electron chi connectivity index (χ4n) is 1.65. The van der Waals surface area contributed by atoms with Crippen LogP contribution < -0.4 is 5.32 Å². The van der Waals surface area contributed by atoms with Crippen LogP contribution in [0.4, 0.5) is 14.9 Å². The van der Waals surface area contributed by atoms with Crippen LogP contribution in [-0.4, -0.2) is 45.5 Å². The van der Waals surface area contributed by atoms with E-state index < -0.39 is 27.0 Å². The van der Waals surface area contributed by atoms with Gasteiger partial charge in [-0.05, 0) is 19.1 Å². The number of thioether (sulfide) groups is 1. The largest absolute Gasteiger partial charge is 0.465 e. The number of urea groups is 1. The number of ether oxygens (including phenoxy) is 1. The van der Waals surface area contributed by atoms with E-state index in [1.54, 1.807) is 13.0 Å². The Hall–Kier alpha value is -0.890. The van der Waals surface area contributed by atoms with Crippen LogP contribution in [0.5, 0.6) is 0 Å². The lowest BCUT2D eigenvalue weighted by Gasteiger charge is -2.32.